The molecule has 0 spiro atoms. The number of piperidine rings is 1. The number of esters is 1. The van der Waals surface area contributed by atoms with E-state index in [4.69, 9.17) is 18.9 Å². The number of carbonyl (C=O) groups excluding carboxylic acids is 3. The fraction of sp³-hybridized carbons (Fsp3) is 0.577. The average Bonchev–Trinajstić information content (AvgIpc) is 2.79. The number of alkyl carbamates (subject to hydrolysis) is 1. The molecule has 0 aliphatic carbocycles. The van der Waals surface area contributed by atoms with Gasteiger partial charge in [-0.25, -0.2) is 9.59 Å². The van der Waals surface area contributed by atoms with Crippen molar-refractivity contribution in [3.05, 3.63) is 35.9 Å². The summed E-state index contributed by atoms with van der Waals surface area (Å²) in [5.74, 6) is 0.500. The number of nitrogens with zero attached hydrogens (tertiary/aromatic N) is 1. The van der Waals surface area contributed by atoms with Crippen LogP contribution in [0.5, 0.6) is 11.5 Å². The Morgan fingerprint density at radius 2 is 1.97 bits per heavy atom. The molecule has 9 heteroatoms. The van der Waals surface area contributed by atoms with Crippen molar-refractivity contribution in [2.24, 2.45) is 5.92 Å². The second-order valence-corrected chi connectivity index (χ2v) is 9.38. The van der Waals surface area contributed by atoms with Crippen molar-refractivity contribution in [3.8, 4) is 11.5 Å². The molecule has 1 fully saturated rings. The molecule has 0 aromatic heterocycles. The lowest BCUT2D eigenvalue weighted by molar-refractivity contribution is -0.139. The Morgan fingerprint density at radius 1 is 1.23 bits per heavy atom. The number of ether oxygens (including phenoxy) is 4. The Kier molecular flexibility index (Phi) is 10.4. The maximum Gasteiger partial charge on any atom is 0.408 e. The summed E-state index contributed by atoms with van der Waals surface area (Å²) in [6, 6.07) is 4.95. The summed E-state index contributed by atoms with van der Waals surface area (Å²) < 4.78 is 21.0. The van der Waals surface area contributed by atoms with Gasteiger partial charge in [0.05, 0.1) is 26.9 Å². The molecule has 0 radical (unpaired) electrons. The number of rotatable bonds is 10. The van der Waals surface area contributed by atoms with E-state index in [1.807, 2.05) is 12.1 Å². The van der Waals surface area contributed by atoms with Crippen molar-refractivity contribution < 1.29 is 33.3 Å². The number of likely N-dealkylation sites (tertiary alicyclic amines) is 1. The fourth-order valence-electron chi connectivity index (χ4n) is 3.92. The van der Waals surface area contributed by atoms with Gasteiger partial charge in [0, 0.05) is 36.7 Å². The van der Waals surface area contributed by atoms with E-state index in [0.717, 1.165) is 12.0 Å². The monoisotopic (exact) mass is 490 g/mol. The average molecular weight is 491 g/mol. The van der Waals surface area contributed by atoms with E-state index >= 15 is 0 Å². The highest BCUT2D eigenvalue weighted by atomic mass is 16.6. The van der Waals surface area contributed by atoms with Crippen LogP contribution in [-0.4, -0.2) is 61.9 Å². The van der Waals surface area contributed by atoms with Crippen LogP contribution in [0.3, 0.4) is 0 Å². The summed E-state index contributed by atoms with van der Waals surface area (Å²) >= 11 is 0. The van der Waals surface area contributed by atoms with Gasteiger partial charge in [-0.1, -0.05) is 6.08 Å². The number of carbonyl (C=O) groups is 3. The molecule has 1 aliphatic heterocycles. The highest BCUT2D eigenvalue weighted by molar-refractivity contribution is 5.82. The lowest BCUT2D eigenvalue weighted by atomic mass is 9.90. The quantitative estimate of drug-likeness (QED) is 0.392. The van der Waals surface area contributed by atoms with E-state index in [2.05, 4.69) is 5.32 Å². The normalized spacial score (nSPS) is 17.1. The first kappa shape index (κ1) is 28.0. The van der Waals surface area contributed by atoms with E-state index in [1.54, 1.807) is 59.0 Å². The SMILES string of the molecule is CCOC(=O)/C=C/[C@H](C[C@@H]1CCCN(Cc2ccc(OC)cc2OC)C1=O)NC(=O)OC(C)(C)C. The molecule has 35 heavy (non-hydrogen) atoms. The predicted octanol–water partition coefficient (Wildman–Crippen LogP) is 3.85. The van der Waals surface area contributed by atoms with Crippen LogP contribution in [0.15, 0.2) is 30.4 Å². The number of hydrogen-bond donors (Lipinski definition) is 1. The van der Waals surface area contributed by atoms with Gasteiger partial charge in [0.2, 0.25) is 5.91 Å². The lowest BCUT2D eigenvalue weighted by Gasteiger charge is -2.34. The smallest absolute Gasteiger partial charge is 0.408 e. The zero-order chi connectivity index (χ0) is 26.0. The van der Waals surface area contributed by atoms with Gasteiger partial charge in [-0.2, -0.15) is 0 Å². The van der Waals surface area contributed by atoms with Gasteiger partial charge in [0.25, 0.3) is 0 Å². The molecular formula is C26H38N2O7. The maximum absolute atomic E-state index is 13.3. The minimum absolute atomic E-state index is 0.00496. The predicted molar refractivity (Wildman–Crippen MR) is 131 cm³/mol. The summed E-state index contributed by atoms with van der Waals surface area (Å²) in [5, 5.41) is 2.77. The molecule has 2 rings (SSSR count). The number of amides is 2. The Balaban J connectivity index is 2.14. The molecule has 0 unspecified atom stereocenters. The second kappa shape index (κ2) is 13.0. The van der Waals surface area contributed by atoms with Crippen LogP contribution in [-0.2, 0) is 25.6 Å². The van der Waals surface area contributed by atoms with E-state index in [1.165, 1.54) is 6.08 Å². The molecule has 0 saturated carbocycles. The number of methoxy groups -OCH3 is 2. The van der Waals surface area contributed by atoms with Crippen LogP contribution >= 0.6 is 0 Å². The Labute approximate surface area is 207 Å². The standard InChI is InChI=1S/C26H38N2O7/c1-7-34-23(29)13-11-20(27-25(31)35-26(2,3)4)15-18-9-8-14-28(24(18)30)17-19-10-12-21(32-5)16-22(19)33-6/h10-13,16,18,20H,7-9,14-15,17H2,1-6H3,(H,27,31)/b13-11+/t18-,20+/m0/s1. The van der Waals surface area contributed by atoms with Gasteiger partial charge >= 0.3 is 12.1 Å². The maximum atomic E-state index is 13.3. The van der Waals surface area contributed by atoms with Crippen LogP contribution in [0.25, 0.3) is 0 Å². The van der Waals surface area contributed by atoms with Crippen LogP contribution in [0.1, 0.15) is 52.5 Å². The Morgan fingerprint density at radius 3 is 2.60 bits per heavy atom. The highest BCUT2D eigenvalue weighted by Crippen LogP contribution is 2.29. The molecule has 0 bridgehead atoms. The molecule has 1 aromatic rings. The first-order valence-corrected chi connectivity index (χ1v) is 11.9. The van der Waals surface area contributed by atoms with Gasteiger partial charge in [0.15, 0.2) is 0 Å². The highest BCUT2D eigenvalue weighted by Gasteiger charge is 2.31. The van der Waals surface area contributed by atoms with E-state index in [-0.39, 0.29) is 18.4 Å². The van der Waals surface area contributed by atoms with Crippen molar-refractivity contribution in [2.75, 3.05) is 27.4 Å². The Bertz CT molecular complexity index is 907. The number of nitrogens with one attached hydrogen (secondary N) is 1. The molecule has 2 atom stereocenters. The van der Waals surface area contributed by atoms with Crippen LogP contribution in [0, 0.1) is 5.92 Å². The topological polar surface area (TPSA) is 103 Å². The third-order valence-electron chi connectivity index (χ3n) is 5.49. The molecule has 194 valence electrons. The summed E-state index contributed by atoms with van der Waals surface area (Å²) in [5.41, 5.74) is 0.210. The molecule has 1 aliphatic rings. The number of benzene rings is 1. The Hall–Kier alpha value is -3.23. The largest absolute Gasteiger partial charge is 0.497 e. The summed E-state index contributed by atoms with van der Waals surface area (Å²) in [7, 11) is 3.17. The van der Waals surface area contributed by atoms with Crippen molar-refractivity contribution in [2.45, 2.75) is 65.1 Å². The molecular weight excluding hydrogens is 452 g/mol. The molecule has 1 N–H and O–H groups in total. The van der Waals surface area contributed by atoms with Gasteiger partial charge in [-0.3, -0.25) is 4.79 Å². The van der Waals surface area contributed by atoms with Crippen molar-refractivity contribution in [1.29, 1.82) is 0 Å². The zero-order valence-corrected chi connectivity index (χ0v) is 21.6. The molecule has 1 heterocycles. The van der Waals surface area contributed by atoms with Gasteiger partial charge in [-0.15, -0.1) is 0 Å². The van der Waals surface area contributed by atoms with Crippen LogP contribution in [0.4, 0.5) is 4.79 Å². The molecule has 2 amide bonds. The van der Waals surface area contributed by atoms with Crippen molar-refractivity contribution in [3.63, 3.8) is 0 Å². The first-order valence-electron chi connectivity index (χ1n) is 11.9. The van der Waals surface area contributed by atoms with Gasteiger partial charge in [-0.05, 0) is 59.1 Å². The fourth-order valence-corrected chi connectivity index (χ4v) is 3.92. The second-order valence-electron chi connectivity index (χ2n) is 9.38. The van der Waals surface area contributed by atoms with Gasteiger partial charge < -0.3 is 29.2 Å². The van der Waals surface area contributed by atoms with Crippen LogP contribution < -0.4 is 14.8 Å². The minimum Gasteiger partial charge on any atom is -0.497 e. The van der Waals surface area contributed by atoms with Crippen molar-refractivity contribution >= 4 is 18.0 Å². The summed E-state index contributed by atoms with van der Waals surface area (Å²) in [6.45, 7) is 8.32. The first-order chi connectivity index (χ1) is 16.6. The van der Waals surface area contributed by atoms with E-state index < -0.39 is 23.7 Å². The van der Waals surface area contributed by atoms with E-state index in [9.17, 15) is 14.4 Å². The van der Waals surface area contributed by atoms with E-state index in [0.29, 0.717) is 37.4 Å². The molecule has 9 nitrogen and oxygen atoms in total. The van der Waals surface area contributed by atoms with Crippen LogP contribution in [0.2, 0.25) is 0 Å². The minimum atomic E-state index is -0.672. The summed E-state index contributed by atoms with van der Waals surface area (Å²) in [4.78, 5) is 39.4. The van der Waals surface area contributed by atoms with Gasteiger partial charge in [0.1, 0.15) is 17.1 Å². The zero-order valence-electron chi connectivity index (χ0n) is 21.6. The summed E-state index contributed by atoms with van der Waals surface area (Å²) in [6.07, 6.45) is 4.08. The third kappa shape index (κ3) is 9.15. The molecule has 1 saturated heterocycles. The third-order valence-corrected chi connectivity index (χ3v) is 5.49. The number of hydrogen-bond acceptors (Lipinski definition) is 7. The van der Waals surface area contributed by atoms with Crippen molar-refractivity contribution in [1.82, 2.24) is 10.2 Å². The lowest BCUT2D eigenvalue weighted by Crippen LogP contribution is -2.45. The molecule has 1 aromatic carbocycles.